The van der Waals surface area contributed by atoms with Crippen LogP contribution in [-0.2, 0) is 110 Å². The van der Waals surface area contributed by atoms with Crippen molar-refractivity contribution >= 4 is 108 Å². The Bertz CT molecular complexity index is 3830. The largest absolute Gasteiger partial charge is 0.524 e. The third-order valence-corrected chi connectivity index (χ3v) is 20.1. The number of hydrogen-bond donors (Lipinski definition) is 19. The van der Waals surface area contributed by atoms with Crippen LogP contribution in [0.1, 0.15) is 107 Å². The lowest BCUT2D eigenvalue weighted by Crippen LogP contribution is -2.60. The molecule has 22 N–H and O–H groups in total. The van der Waals surface area contributed by atoms with Crippen molar-refractivity contribution in [2.75, 3.05) is 78.2 Å². The van der Waals surface area contributed by atoms with Gasteiger partial charge in [0.15, 0.2) is 0 Å². The maximum atomic E-state index is 14.8. The summed E-state index contributed by atoms with van der Waals surface area (Å²) in [6, 6.07) is 5.93. The summed E-state index contributed by atoms with van der Waals surface area (Å²) in [6.45, 7) is 1.06. The highest BCUT2D eigenvalue weighted by Gasteiger charge is 2.43. The lowest BCUT2D eigenvalue weighted by molar-refractivity contribution is -0.136. The fourth-order valence-corrected chi connectivity index (χ4v) is 14.1. The van der Waals surface area contributed by atoms with E-state index in [4.69, 9.17) is 36.1 Å². The molecule has 3 aromatic rings. The Morgan fingerprint density at radius 3 is 1.55 bits per heavy atom. The van der Waals surface area contributed by atoms with Crippen molar-refractivity contribution in [3.05, 3.63) is 95.6 Å². The molecule has 0 bridgehead atoms. The number of nitrogens with two attached hydrogens (primary N) is 3. The normalized spacial score (nSPS) is 21.2. The molecule has 16 amide bonds. The summed E-state index contributed by atoms with van der Waals surface area (Å²) in [6.07, 6.45) is 1.39. The van der Waals surface area contributed by atoms with E-state index in [-0.39, 0.29) is 126 Å². The van der Waals surface area contributed by atoms with E-state index < -0.39 is 171 Å². The number of thioether (sulfide) groups is 1. The molecule has 0 unspecified atom stereocenters. The van der Waals surface area contributed by atoms with E-state index >= 15 is 0 Å². The summed E-state index contributed by atoms with van der Waals surface area (Å²) >= 11 is 1.86. The summed E-state index contributed by atoms with van der Waals surface area (Å²) in [7, 11) is -5.03. The number of rotatable bonds is 45. The van der Waals surface area contributed by atoms with Gasteiger partial charge in [0.05, 0.1) is 58.1 Å². The summed E-state index contributed by atoms with van der Waals surface area (Å²) in [5.41, 5.74) is 17.6. The van der Waals surface area contributed by atoms with Crippen LogP contribution >= 0.6 is 19.6 Å². The molecule has 3 heterocycles. The minimum absolute atomic E-state index is 0.00855. The number of amides is 16. The van der Waals surface area contributed by atoms with Crippen molar-refractivity contribution in [3.8, 4) is 11.5 Å². The second kappa shape index (κ2) is 49.3. The Hall–Kier alpha value is -10.6. The molecule has 11 atom stereocenters. The molecule has 3 aromatic carbocycles. The van der Waals surface area contributed by atoms with Gasteiger partial charge in [0, 0.05) is 69.2 Å². The fraction of sp³-hybridized carbons (Fsp3) is 0.548. The predicted molar refractivity (Wildman–Crippen MR) is 411 cm³/mol. The lowest BCUT2D eigenvalue weighted by Gasteiger charge is -2.27. The Labute approximate surface area is 667 Å². The van der Waals surface area contributed by atoms with Crippen molar-refractivity contribution in [1.29, 1.82) is 0 Å². The van der Waals surface area contributed by atoms with Crippen LogP contribution in [0.15, 0.2) is 78.9 Å². The average Bonchev–Trinajstić information content (AvgIpc) is 1.67. The fourth-order valence-electron chi connectivity index (χ4n) is 12.1. The van der Waals surface area contributed by atoms with Crippen molar-refractivity contribution in [2.24, 2.45) is 17.2 Å². The van der Waals surface area contributed by atoms with Crippen LogP contribution in [0.25, 0.3) is 0 Å². The van der Waals surface area contributed by atoms with E-state index in [1.807, 2.05) is 11.8 Å². The number of phosphoric acid groups is 1. The SMILES string of the molecule is C[C@@H]1NC(=O)[C@H](CCC(=O)NCCOCCOCC(=O)NCCOCCOCC(=O)N[C@@H](CCCCNC(=O)CCCCC[C@@H]2SC[C@@H]3NC(=O)N[C@@H]32)C(N)=O)NC(=O)[C@H](Cc2ccccc2)NC(=O)[C@H](Cc2ccc(O)cc2)NC(=O)[C@H](CC(N)=O)NC(=O)[C@H](CCC(N)=O)NC(=O)[C@H](Cc2ccc(OP(=O)(O)O)cc2)NC1=O. The molecular formula is C73H105N16O24PS. The highest BCUT2D eigenvalue weighted by molar-refractivity contribution is 8.00. The van der Waals surface area contributed by atoms with Gasteiger partial charge in [-0.3, -0.25) is 76.9 Å². The number of phenols is 1. The molecule has 0 spiro atoms. The number of nitrogens with one attached hydrogen (secondary N) is 13. The zero-order chi connectivity index (χ0) is 83.8. The highest BCUT2D eigenvalue weighted by Crippen LogP contribution is 2.37. The highest BCUT2D eigenvalue weighted by atomic mass is 32.2. The smallest absolute Gasteiger partial charge is 0.508 e. The standard InChI is InChI=1S/C73H105N16O24PS/c1-43-66(98)84-52(38-46-17-21-48(22-18-46)113-114(106,107)108)69(101)82-50(23-25-58(74)91)68(100)87-55(39-59(75)92)72(104)86-54(37-45-15-19-47(90)20-16-45)71(103)85-53(36-44-10-4-2-5-11-44)70(102)83-51(67(99)80-43)24-26-61(94)78-28-30-109-32-34-111-40-62(95)79-29-31-110-33-35-112-41-63(96)81-49(65(76)97)12-8-9-27-77-60(93)14-7-3-6-13-57-64-56(42-115-57)88-73(105)89-64/h2,4-5,10-11,15-22,43,49-57,64,90H,3,6-9,12-14,23-42H2,1H3,(H2,74,91)(H2,75,92)(H2,76,97)(H,77,93)(H,78,94)(H,79,95)(H,80,99)(H,81,96)(H,82,101)(H,83,102)(H,84,98)(H,85,103)(H,86,104)(H,87,100)(H2,88,89,105)(H2,106,107,108)/t43-,49-,50-,51-,52-,53-,54-,55-,56-,57-,64-/m0/s1. The molecule has 3 aliphatic rings. The number of urea groups is 1. The number of phenolic OH excluding ortho intramolecular Hbond substituents is 1. The van der Waals surface area contributed by atoms with Crippen LogP contribution in [0.5, 0.6) is 11.5 Å². The molecule has 42 heteroatoms. The molecule has 0 aliphatic carbocycles. The first kappa shape index (κ1) is 93.3. The summed E-state index contributed by atoms with van der Waals surface area (Å²) in [4.78, 5) is 219. The lowest BCUT2D eigenvalue weighted by atomic mass is 10.0. The van der Waals surface area contributed by atoms with Crippen LogP contribution in [0.4, 0.5) is 4.79 Å². The number of carbonyl (C=O) groups excluding carboxylic acids is 15. The molecule has 0 radical (unpaired) electrons. The van der Waals surface area contributed by atoms with Gasteiger partial charge >= 0.3 is 13.9 Å². The maximum Gasteiger partial charge on any atom is 0.524 e. The Balaban J connectivity index is 0.975. The van der Waals surface area contributed by atoms with Crippen LogP contribution in [-0.4, -0.2) is 248 Å². The Morgan fingerprint density at radius 2 is 0.974 bits per heavy atom. The third kappa shape index (κ3) is 36.2. The monoisotopic (exact) mass is 1650 g/mol. The van der Waals surface area contributed by atoms with E-state index in [2.05, 4.69) is 73.6 Å². The molecule has 6 rings (SSSR count). The van der Waals surface area contributed by atoms with Crippen molar-refractivity contribution in [3.63, 3.8) is 0 Å². The molecule has 0 aromatic heterocycles. The van der Waals surface area contributed by atoms with E-state index in [0.29, 0.717) is 42.2 Å². The molecule has 632 valence electrons. The molecule has 40 nitrogen and oxygen atoms in total. The topological polar surface area (TPSA) is 614 Å². The van der Waals surface area contributed by atoms with Gasteiger partial charge in [-0.15, -0.1) is 0 Å². The van der Waals surface area contributed by atoms with Gasteiger partial charge in [-0.05, 0) is 92.8 Å². The molecule has 3 aliphatic heterocycles. The number of phosphoric ester groups is 1. The van der Waals surface area contributed by atoms with E-state index in [0.717, 1.165) is 43.6 Å². The zero-order valence-electron chi connectivity index (χ0n) is 63.7. The maximum absolute atomic E-state index is 14.8. The Morgan fingerprint density at radius 1 is 0.487 bits per heavy atom. The number of aromatic hydroxyl groups is 1. The van der Waals surface area contributed by atoms with Crippen LogP contribution in [0.3, 0.4) is 0 Å². The first-order chi connectivity index (χ1) is 54.9. The quantitative estimate of drug-likeness (QED) is 0.0145. The minimum Gasteiger partial charge on any atom is -0.508 e. The van der Waals surface area contributed by atoms with Crippen molar-refractivity contribution in [1.82, 2.24) is 69.1 Å². The van der Waals surface area contributed by atoms with Crippen LogP contribution in [0, 0.1) is 0 Å². The molecule has 3 saturated heterocycles. The van der Waals surface area contributed by atoms with Gasteiger partial charge in [0.1, 0.15) is 73.0 Å². The second-order valence-corrected chi connectivity index (χ2v) is 29.9. The zero-order valence-corrected chi connectivity index (χ0v) is 65.4. The predicted octanol–water partition coefficient (Wildman–Crippen LogP) is -4.09. The van der Waals surface area contributed by atoms with Crippen LogP contribution in [0.2, 0.25) is 0 Å². The Kier molecular flexibility index (Phi) is 40.0. The molecule has 0 saturated carbocycles. The average molecular weight is 1650 g/mol. The second-order valence-electron chi connectivity index (χ2n) is 27.4. The van der Waals surface area contributed by atoms with Crippen molar-refractivity contribution in [2.45, 2.75) is 175 Å². The van der Waals surface area contributed by atoms with Gasteiger partial charge in [-0.25, -0.2) is 9.36 Å². The van der Waals surface area contributed by atoms with Crippen molar-refractivity contribution < 1.29 is 115 Å². The van der Waals surface area contributed by atoms with E-state index in [1.54, 1.807) is 30.3 Å². The number of ether oxygens (including phenoxy) is 4. The third-order valence-electron chi connectivity index (χ3n) is 18.1. The molecular weight excluding hydrogens is 1550 g/mol. The summed E-state index contributed by atoms with van der Waals surface area (Å²) in [5.74, 6) is -11.7. The summed E-state index contributed by atoms with van der Waals surface area (Å²) < 4.78 is 37.9. The number of carbonyl (C=O) groups is 15. The number of unbranched alkanes of at least 4 members (excludes halogenated alkanes) is 3. The summed E-state index contributed by atoms with van der Waals surface area (Å²) in [5, 5.41) is 44.5. The number of hydrogen-bond acceptors (Lipinski definition) is 23. The van der Waals surface area contributed by atoms with Gasteiger partial charge < -0.3 is 115 Å². The number of fused-ring (bicyclic) bond motifs is 1. The number of primary amides is 3. The van der Waals surface area contributed by atoms with E-state index in [1.165, 1.54) is 43.3 Å². The van der Waals surface area contributed by atoms with Gasteiger partial charge in [-0.2, -0.15) is 11.8 Å². The van der Waals surface area contributed by atoms with E-state index in [9.17, 15) is 91.4 Å². The van der Waals surface area contributed by atoms with Gasteiger partial charge in [-0.1, -0.05) is 67.4 Å². The molecule has 115 heavy (non-hydrogen) atoms. The first-order valence-electron chi connectivity index (χ1n) is 37.6. The molecule has 3 fully saturated rings. The minimum atomic E-state index is -5.03. The number of benzene rings is 3. The van der Waals surface area contributed by atoms with Crippen LogP contribution < -0.4 is 90.8 Å². The first-order valence-corrected chi connectivity index (χ1v) is 40.2. The van der Waals surface area contributed by atoms with Gasteiger partial charge in [0.2, 0.25) is 82.7 Å². The van der Waals surface area contributed by atoms with Gasteiger partial charge in [0.25, 0.3) is 0 Å².